The minimum atomic E-state index is 0.477. The summed E-state index contributed by atoms with van der Waals surface area (Å²) in [6.07, 6.45) is 4.48. The number of aromatic nitrogens is 2. The minimum absolute atomic E-state index is 0.477. The van der Waals surface area contributed by atoms with E-state index in [0.717, 1.165) is 17.1 Å². The lowest BCUT2D eigenvalue weighted by atomic mass is 10.0. The van der Waals surface area contributed by atoms with Crippen molar-refractivity contribution in [1.29, 1.82) is 0 Å². The normalized spacial score (nSPS) is 17.1. The van der Waals surface area contributed by atoms with E-state index in [1.807, 2.05) is 20.0 Å². The SMILES string of the molecule is Cc1cnc(C)c(-c2cccc([C@@H](C)N3CCCC3)c2)n1. The molecule has 1 saturated heterocycles. The molecule has 0 N–H and O–H groups in total. The summed E-state index contributed by atoms with van der Waals surface area (Å²) in [5, 5.41) is 0. The fourth-order valence-electron chi connectivity index (χ4n) is 3.10. The molecule has 0 saturated carbocycles. The van der Waals surface area contributed by atoms with Crippen molar-refractivity contribution >= 4 is 0 Å². The maximum Gasteiger partial charge on any atom is 0.0917 e. The van der Waals surface area contributed by atoms with Gasteiger partial charge in [0.15, 0.2) is 0 Å². The van der Waals surface area contributed by atoms with Crippen molar-refractivity contribution in [3.8, 4) is 11.3 Å². The first kappa shape index (κ1) is 14.2. The van der Waals surface area contributed by atoms with Crippen molar-refractivity contribution in [1.82, 2.24) is 14.9 Å². The van der Waals surface area contributed by atoms with Gasteiger partial charge in [-0.2, -0.15) is 0 Å². The first-order valence-corrected chi connectivity index (χ1v) is 7.80. The van der Waals surface area contributed by atoms with Crippen LogP contribution in [-0.2, 0) is 0 Å². The highest BCUT2D eigenvalue weighted by atomic mass is 15.2. The quantitative estimate of drug-likeness (QED) is 0.854. The number of benzene rings is 1. The minimum Gasteiger partial charge on any atom is -0.297 e. The molecular formula is C18H23N3. The summed E-state index contributed by atoms with van der Waals surface area (Å²) >= 11 is 0. The molecule has 1 fully saturated rings. The molecule has 1 aliphatic heterocycles. The molecule has 1 aromatic carbocycles. The lowest BCUT2D eigenvalue weighted by molar-refractivity contribution is 0.263. The fourth-order valence-corrected chi connectivity index (χ4v) is 3.10. The summed E-state index contributed by atoms with van der Waals surface area (Å²) in [7, 11) is 0. The summed E-state index contributed by atoms with van der Waals surface area (Å²) in [5.41, 5.74) is 5.51. The van der Waals surface area contributed by atoms with Gasteiger partial charge < -0.3 is 0 Å². The van der Waals surface area contributed by atoms with Crippen LogP contribution in [0.2, 0.25) is 0 Å². The number of nitrogens with zero attached hydrogens (tertiary/aromatic N) is 3. The third kappa shape index (κ3) is 2.98. The molecule has 3 nitrogen and oxygen atoms in total. The summed E-state index contributed by atoms with van der Waals surface area (Å²) < 4.78 is 0. The van der Waals surface area contributed by atoms with E-state index in [4.69, 9.17) is 0 Å². The second-order valence-electron chi connectivity index (χ2n) is 5.99. The van der Waals surface area contributed by atoms with Crippen LogP contribution < -0.4 is 0 Å². The van der Waals surface area contributed by atoms with Crippen molar-refractivity contribution in [2.24, 2.45) is 0 Å². The number of aryl methyl sites for hydroxylation is 2. The number of likely N-dealkylation sites (tertiary alicyclic amines) is 1. The summed E-state index contributed by atoms with van der Waals surface area (Å²) in [5.74, 6) is 0. The zero-order valence-electron chi connectivity index (χ0n) is 13.1. The number of rotatable bonds is 3. The Labute approximate surface area is 127 Å². The van der Waals surface area contributed by atoms with Gasteiger partial charge in [0.05, 0.1) is 17.1 Å². The van der Waals surface area contributed by atoms with Gasteiger partial charge in [0.25, 0.3) is 0 Å². The predicted octanol–water partition coefficient (Wildman–Crippen LogP) is 3.92. The van der Waals surface area contributed by atoms with E-state index in [9.17, 15) is 0 Å². The van der Waals surface area contributed by atoms with E-state index in [1.165, 1.54) is 37.1 Å². The number of hydrogen-bond acceptors (Lipinski definition) is 3. The van der Waals surface area contributed by atoms with Gasteiger partial charge in [-0.05, 0) is 58.3 Å². The Morgan fingerprint density at radius 3 is 2.67 bits per heavy atom. The molecule has 0 amide bonds. The first-order chi connectivity index (χ1) is 10.1. The van der Waals surface area contributed by atoms with Gasteiger partial charge in [0, 0.05) is 17.8 Å². The van der Waals surface area contributed by atoms with E-state index in [-0.39, 0.29) is 0 Å². The predicted molar refractivity (Wildman–Crippen MR) is 86.2 cm³/mol. The Bertz CT molecular complexity index is 630. The third-order valence-corrected chi connectivity index (χ3v) is 4.41. The molecule has 110 valence electrons. The van der Waals surface area contributed by atoms with Crippen molar-refractivity contribution in [2.75, 3.05) is 13.1 Å². The summed E-state index contributed by atoms with van der Waals surface area (Å²) in [4.78, 5) is 11.7. The van der Waals surface area contributed by atoms with Crippen LogP contribution in [0.15, 0.2) is 30.5 Å². The lowest BCUT2D eigenvalue weighted by Gasteiger charge is -2.24. The summed E-state index contributed by atoms with van der Waals surface area (Å²) in [6, 6.07) is 9.26. The Morgan fingerprint density at radius 1 is 1.14 bits per heavy atom. The fraction of sp³-hybridized carbons (Fsp3) is 0.444. The second kappa shape index (κ2) is 5.94. The van der Waals surface area contributed by atoms with Crippen LogP contribution in [0.1, 0.15) is 42.8 Å². The Hall–Kier alpha value is -1.74. The zero-order chi connectivity index (χ0) is 14.8. The van der Waals surface area contributed by atoms with Crippen LogP contribution in [0.3, 0.4) is 0 Å². The van der Waals surface area contributed by atoms with Crippen LogP contribution in [0.25, 0.3) is 11.3 Å². The van der Waals surface area contributed by atoms with Gasteiger partial charge in [-0.1, -0.05) is 18.2 Å². The van der Waals surface area contributed by atoms with Gasteiger partial charge in [0.2, 0.25) is 0 Å². The van der Waals surface area contributed by atoms with E-state index >= 15 is 0 Å². The van der Waals surface area contributed by atoms with Gasteiger partial charge in [-0.3, -0.25) is 9.88 Å². The average Bonchev–Trinajstić information content (AvgIpc) is 3.03. The van der Waals surface area contributed by atoms with E-state index in [1.54, 1.807) is 0 Å². The highest BCUT2D eigenvalue weighted by Gasteiger charge is 2.19. The molecule has 3 rings (SSSR count). The Morgan fingerprint density at radius 2 is 1.90 bits per heavy atom. The maximum absolute atomic E-state index is 4.66. The second-order valence-corrected chi connectivity index (χ2v) is 5.99. The highest BCUT2D eigenvalue weighted by molar-refractivity contribution is 5.62. The molecule has 0 bridgehead atoms. The van der Waals surface area contributed by atoms with Gasteiger partial charge in [-0.15, -0.1) is 0 Å². The van der Waals surface area contributed by atoms with Gasteiger partial charge in [-0.25, -0.2) is 4.98 Å². The lowest BCUT2D eigenvalue weighted by Crippen LogP contribution is -2.23. The zero-order valence-corrected chi connectivity index (χ0v) is 13.1. The van der Waals surface area contributed by atoms with Crippen molar-refractivity contribution in [3.63, 3.8) is 0 Å². The smallest absolute Gasteiger partial charge is 0.0917 e. The van der Waals surface area contributed by atoms with Crippen LogP contribution in [0.4, 0.5) is 0 Å². The molecule has 0 spiro atoms. The Balaban J connectivity index is 1.94. The molecule has 2 heterocycles. The first-order valence-electron chi connectivity index (χ1n) is 7.80. The monoisotopic (exact) mass is 281 g/mol. The third-order valence-electron chi connectivity index (χ3n) is 4.41. The molecule has 1 aliphatic rings. The van der Waals surface area contributed by atoms with Gasteiger partial charge in [0.1, 0.15) is 0 Å². The van der Waals surface area contributed by atoms with E-state index in [2.05, 4.69) is 46.1 Å². The molecule has 0 unspecified atom stereocenters. The molecule has 0 aliphatic carbocycles. The van der Waals surface area contributed by atoms with Gasteiger partial charge >= 0.3 is 0 Å². The van der Waals surface area contributed by atoms with Crippen LogP contribution in [-0.4, -0.2) is 28.0 Å². The molecule has 21 heavy (non-hydrogen) atoms. The van der Waals surface area contributed by atoms with Crippen molar-refractivity contribution in [3.05, 3.63) is 47.4 Å². The van der Waals surface area contributed by atoms with Crippen molar-refractivity contribution in [2.45, 2.75) is 39.7 Å². The Kier molecular flexibility index (Phi) is 4.02. The highest BCUT2D eigenvalue weighted by Crippen LogP contribution is 2.28. The van der Waals surface area contributed by atoms with Crippen LogP contribution in [0.5, 0.6) is 0 Å². The van der Waals surface area contributed by atoms with Crippen molar-refractivity contribution < 1.29 is 0 Å². The average molecular weight is 281 g/mol. The molecule has 1 aromatic heterocycles. The summed E-state index contributed by atoms with van der Waals surface area (Å²) in [6.45, 7) is 8.76. The molecule has 1 atom stereocenters. The number of hydrogen-bond donors (Lipinski definition) is 0. The molecule has 0 radical (unpaired) electrons. The molecular weight excluding hydrogens is 258 g/mol. The van der Waals surface area contributed by atoms with E-state index in [0.29, 0.717) is 6.04 Å². The van der Waals surface area contributed by atoms with Crippen LogP contribution >= 0.6 is 0 Å². The largest absolute Gasteiger partial charge is 0.297 e. The topological polar surface area (TPSA) is 29.0 Å². The van der Waals surface area contributed by atoms with E-state index < -0.39 is 0 Å². The molecule has 2 aromatic rings. The standard InChI is InChI=1S/C18H23N3/c1-13-12-19-14(2)18(20-13)17-8-6-7-16(11-17)15(3)21-9-4-5-10-21/h6-8,11-12,15H,4-5,9-10H2,1-3H3/t15-/m1/s1. The molecule has 3 heteroatoms. The van der Waals surface area contributed by atoms with Crippen LogP contribution in [0, 0.1) is 13.8 Å². The maximum atomic E-state index is 4.66.